The van der Waals surface area contributed by atoms with E-state index in [4.69, 9.17) is 10.5 Å². The minimum absolute atomic E-state index is 0.0497. The number of nitro benzene ring substituents is 1. The summed E-state index contributed by atoms with van der Waals surface area (Å²) >= 11 is 0. The van der Waals surface area contributed by atoms with Gasteiger partial charge in [0.05, 0.1) is 18.1 Å². The number of benzene rings is 1. The van der Waals surface area contributed by atoms with Crippen LogP contribution < -0.4 is 10.5 Å². The predicted octanol–water partition coefficient (Wildman–Crippen LogP) is 0.0888. The number of nitro groups is 1. The number of anilines is 1. The third-order valence-electron chi connectivity index (χ3n) is 3.14. The Kier molecular flexibility index (Phi) is 3.71. The second-order valence-electron chi connectivity index (χ2n) is 4.96. The number of aromatic nitrogens is 5. The Hall–Kier alpha value is -3.35. The molecule has 0 fully saturated rings. The van der Waals surface area contributed by atoms with Crippen molar-refractivity contribution in [2.24, 2.45) is 0 Å². The van der Waals surface area contributed by atoms with Gasteiger partial charge in [0.2, 0.25) is 15.8 Å². The molecule has 0 atom stereocenters. The first-order valence-electron chi connectivity index (χ1n) is 6.63. The molecule has 0 spiro atoms. The highest BCUT2D eigenvalue weighted by molar-refractivity contribution is 7.90. The van der Waals surface area contributed by atoms with Crippen LogP contribution in [0.4, 0.5) is 11.6 Å². The van der Waals surface area contributed by atoms with E-state index in [1.54, 1.807) is 0 Å². The van der Waals surface area contributed by atoms with Crippen LogP contribution in [0.25, 0.3) is 17.2 Å². The monoisotopic (exact) mass is 365 g/mol. The van der Waals surface area contributed by atoms with Crippen molar-refractivity contribution in [2.75, 3.05) is 19.1 Å². The lowest BCUT2D eigenvalue weighted by atomic mass is 10.2. The van der Waals surface area contributed by atoms with Crippen LogP contribution in [0, 0.1) is 10.1 Å². The van der Waals surface area contributed by atoms with Gasteiger partial charge < -0.3 is 10.5 Å². The van der Waals surface area contributed by atoms with Gasteiger partial charge in [-0.05, 0) is 6.07 Å². The fourth-order valence-electron chi connectivity index (χ4n) is 2.01. The number of methoxy groups -OCH3 is 1. The van der Waals surface area contributed by atoms with Gasteiger partial charge >= 0.3 is 0 Å². The standard InChI is InChI=1S/C12H11N7O5S/c1-24-8-4-6(3-7(5-8)19(20)21)9-14-11-16-12(25(2,22)23)15-10(13)18(11)17-9/h3-5H,1-2H3,(H2,13,14,15,16,17). The normalized spacial score (nSPS) is 11.6. The van der Waals surface area contributed by atoms with Crippen LogP contribution in [0.2, 0.25) is 0 Å². The maximum Gasteiger partial charge on any atom is 0.273 e. The number of rotatable bonds is 4. The summed E-state index contributed by atoms with van der Waals surface area (Å²) in [4.78, 5) is 22.0. The first-order chi connectivity index (χ1) is 11.7. The van der Waals surface area contributed by atoms with Gasteiger partial charge in [0.1, 0.15) is 5.75 Å². The maximum absolute atomic E-state index is 11.6. The molecule has 3 aromatic rings. The second kappa shape index (κ2) is 5.62. The first kappa shape index (κ1) is 16.5. The number of non-ortho nitro benzene ring substituents is 1. The molecule has 0 radical (unpaired) electrons. The van der Waals surface area contributed by atoms with Crippen LogP contribution in [0.5, 0.6) is 5.75 Å². The van der Waals surface area contributed by atoms with Crippen molar-refractivity contribution in [1.29, 1.82) is 0 Å². The average molecular weight is 365 g/mol. The molecule has 0 unspecified atom stereocenters. The van der Waals surface area contributed by atoms with Crippen molar-refractivity contribution < 1.29 is 18.1 Å². The topological polar surface area (TPSA) is 168 Å². The average Bonchev–Trinajstić information content (AvgIpc) is 2.98. The van der Waals surface area contributed by atoms with Crippen molar-refractivity contribution in [3.8, 4) is 17.1 Å². The summed E-state index contributed by atoms with van der Waals surface area (Å²) in [7, 11) is -2.33. The molecule has 2 aromatic heterocycles. The first-order valence-corrected chi connectivity index (χ1v) is 8.52. The molecule has 0 aliphatic carbocycles. The van der Waals surface area contributed by atoms with Crippen LogP contribution in [-0.4, -0.2) is 51.3 Å². The van der Waals surface area contributed by atoms with Gasteiger partial charge in [0, 0.05) is 17.9 Å². The minimum Gasteiger partial charge on any atom is -0.496 e. The number of hydrogen-bond donors (Lipinski definition) is 1. The molecule has 1 aromatic carbocycles. The largest absolute Gasteiger partial charge is 0.496 e. The van der Waals surface area contributed by atoms with Gasteiger partial charge in [-0.3, -0.25) is 10.1 Å². The van der Waals surface area contributed by atoms with Crippen LogP contribution in [0.1, 0.15) is 0 Å². The van der Waals surface area contributed by atoms with Crippen LogP contribution in [0.3, 0.4) is 0 Å². The second-order valence-corrected chi connectivity index (χ2v) is 6.87. The molecule has 13 heteroatoms. The SMILES string of the molecule is COc1cc(-c2nc3nc(S(C)(=O)=O)nc(N)n3n2)cc([N+](=O)[O-])c1. The number of ether oxygens (including phenoxy) is 1. The number of fused-ring (bicyclic) bond motifs is 1. The van der Waals surface area contributed by atoms with Crippen LogP contribution in [-0.2, 0) is 9.84 Å². The van der Waals surface area contributed by atoms with Crippen molar-refractivity contribution >= 4 is 27.3 Å². The van der Waals surface area contributed by atoms with Crippen molar-refractivity contribution in [2.45, 2.75) is 5.16 Å². The zero-order valence-electron chi connectivity index (χ0n) is 12.9. The molecule has 0 bridgehead atoms. The van der Waals surface area contributed by atoms with E-state index in [1.165, 1.54) is 25.3 Å². The highest BCUT2D eigenvalue weighted by Gasteiger charge is 2.19. The summed E-state index contributed by atoms with van der Waals surface area (Å²) in [5.74, 6) is -0.0532. The third-order valence-corrected chi connectivity index (χ3v) is 3.99. The Morgan fingerprint density at radius 1 is 1.24 bits per heavy atom. The summed E-state index contributed by atoms with van der Waals surface area (Å²) in [6.07, 6.45) is 0.932. The van der Waals surface area contributed by atoms with E-state index < -0.39 is 19.9 Å². The van der Waals surface area contributed by atoms with Crippen molar-refractivity contribution in [3.05, 3.63) is 28.3 Å². The molecule has 25 heavy (non-hydrogen) atoms. The van der Waals surface area contributed by atoms with Gasteiger partial charge in [0.25, 0.3) is 16.6 Å². The van der Waals surface area contributed by atoms with E-state index in [-0.39, 0.29) is 34.6 Å². The lowest BCUT2D eigenvalue weighted by Gasteiger charge is -2.02. The number of hydrogen-bond acceptors (Lipinski definition) is 10. The molecular formula is C12H11N7O5S. The number of nitrogen functional groups attached to an aromatic ring is 1. The van der Waals surface area contributed by atoms with Gasteiger partial charge in [-0.15, -0.1) is 5.10 Å². The van der Waals surface area contributed by atoms with E-state index in [0.717, 1.165) is 10.8 Å². The number of sulfone groups is 1. The summed E-state index contributed by atoms with van der Waals surface area (Å²) < 4.78 is 29.2. The number of nitrogens with two attached hydrogens (primary N) is 1. The Morgan fingerprint density at radius 3 is 2.56 bits per heavy atom. The van der Waals surface area contributed by atoms with E-state index in [1.807, 2.05) is 0 Å². The summed E-state index contributed by atoms with van der Waals surface area (Å²) in [6.45, 7) is 0. The number of nitrogens with zero attached hydrogens (tertiary/aromatic N) is 6. The quantitative estimate of drug-likeness (QED) is 0.494. The molecule has 0 aliphatic rings. The molecule has 0 saturated heterocycles. The van der Waals surface area contributed by atoms with Crippen LogP contribution >= 0.6 is 0 Å². The predicted molar refractivity (Wildman–Crippen MR) is 84.7 cm³/mol. The molecule has 12 nitrogen and oxygen atoms in total. The highest BCUT2D eigenvalue weighted by Crippen LogP contribution is 2.28. The Bertz CT molecular complexity index is 1110. The molecule has 3 rings (SSSR count). The van der Waals surface area contributed by atoms with Gasteiger partial charge in [-0.25, -0.2) is 8.42 Å². The zero-order chi connectivity index (χ0) is 18.4. The molecular weight excluding hydrogens is 354 g/mol. The van der Waals surface area contributed by atoms with Crippen LogP contribution in [0.15, 0.2) is 23.4 Å². The molecule has 130 valence electrons. The molecule has 0 aliphatic heterocycles. The summed E-state index contributed by atoms with van der Waals surface area (Å²) in [5, 5.41) is 14.6. The fourth-order valence-corrected chi connectivity index (χ4v) is 2.52. The molecule has 2 N–H and O–H groups in total. The summed E-state index contributed by atoms with van der Waals surface area (Å²) in [5.41, 5.74) is 5.75. The van der Waals surface area contributed by atoms with Crippen molar-refractivity contribution in [3.63, 3.8) is 0 Å². The highest BCUT2D eigenvalue weighted by atomic mass is 32.2. The molecule has 2 heterocycles. The van der Waals surface area contributed by atoms with Gasteiger partial charge in [0.15, 0.2) is 5.82 Å². The third kappa shape index (κ3) is 3.03. The fraction of sp³-hybridized carbons (Fsp3) is 0.167. The molecule has 0 amide bonds. The Balaban J connectivity index is 2.22. The van der Waals surface area contributed by atoms with Crippen molar-refractivity contribution in [1.82, 2.24) is 24.6 Å². The zero-order valence-corrected chi connectivity index (χ0v) is 13.8. The van der Waals surface area contributed by atoms with E-state index in [9.17, 15) is 18.5 Å². The lowest BCUT2D eigenvalue weighted by Crippen LogP contribution is -2.11. The van der Waals surface area contributed by atoms with E-state index >= 15 is 0 Å². The van der Waals surface area contributed by atoms with Gasteiger partial charge in [-0.2, -0.15) is 19.5 Å². The minimum atomic E-state index is -3.69. The lowest BCUT2D eigenvalue weighted by molar-refractivity contribution is -0.384. The van der Waals surface area contributed by atoms with Gasteiger partial charge in [-0.1, -0.05) is 0 Å². The smallest absolute Gasteiger partial charge is 0.273 e. The maximum atomic E-state index is 11.6. The van der Waals surface area contributed by atoms with E-state index in [2.05, 4.69) is 20.1 Å². The summed E-state index contributed by atoms with van der Waals surface area (Å²) in [6, 6.07) is 3.98. The molecule has 0 saturated carbocycles. The Morgan fingerprint density at radius 2 is 1.96 bits per heavy atom. The Labute approximate surface area is 140 Å². The van der Waals surface area contributed by atoms with E-state index in [0.29, 0.717) is 0 Å².